The zero-order valence-electron chi connectivity index (χ0n) is 12.0. The molecule has 4 rings (SSSR count). The summed E-state index contributed by atoms with van der Waals surface area (Å²) < 4.78 is 12.3. The second kappa shape index (κ2) is 4.52. The van der Waals surface area contributed by atoms with Crippen molar-refractivity contribution in [3.63, 3.8) is 0 Å². The minimum absolute atomic E-state index is 0.0520. The van der Waals surface area contributed by atoms with Crippen LogP contribution in [0.25, 0.3) is 22.2 Å². The molecule has 0 saturated carbocycles. The van der Waals surface area contributed by atoms with Gasteiger partial charge in [-0.05, 0) is 30.3 Å². The summed E-state index contributed by atoms with van der Waals surface area (Å²) in [6.07, 6.45) is 0. The number of halogens is 1. The number of nitrogens with zero attached hydrogens (tertiary/aromatic N) is 1. The van der Waals surface area contributed by atoms with Crippen LogP contribution in [-0.4, -0.2) is 24.7 Å². The first-order valence-electron chi connectivity index (χ1n) is 6.76. The van der Waals surface area contributed by atoms with Crippen molar-refractivity contribution in [2.45, 2.75) is 0 Å². The van der Waals surface area contributed by atoms with E-state index in [1.165, 1.54) is 0 Å². The molecule has 0 aliphatic carbocycles. The molecule has 2 aromatic carbocycles. The average Bonchev–Trinajstić information content (AvgIpc) is 3.02. The Morgan fingerprint density at radius 1 is 0.955 bits per heavy atom. The first-order valence-corrected chi connectivity index (χ1v) is 7.14. The largest absolute Gasteiger partial charge is 0.493 e. The van der Waals surface area contributed by atoms with Gasteiger partial charge in [0, 0.05) is 27.6 Å². The highest BCUT2D eigenvalue weighted by Crippen LogP contribution is 2.41. The maximum Gasteiger partial charge on any atom is 0.263 e. The molecule has 5 heteroatoms. The van der Waals surface area contributed by atoms with Crippen LogP contribution in [0.3, 0.4) is 0 Å². The molecule has 1 aromatic heterocycles. The molecule has 0 N–H and O–H groups in total. The average molecular weight is 314 g/mol. The van der Waals surface area contributed by atoms with Crippen LogP contribution in [0.1, 0.15) is 10.4 Å². The molecule has 0 atom stereocenters. The summed E-state index contributed by atoms with van der Waals surface area (Å²) in [5, 5.41) is 1.53. The van der Waals surface area contributed by atoms with E-state index in [0.717, 1.165) is 22.2 Å². The van der Waals surface area contributed by atoms with Gasteiger partial charge in [0.05, 0.1) is 25.4 Å². The van der Waals surface area contributed by atoms with E-state index in [9.17, 15) is 4.79 Å². The molecule has 110 valence electrons. The lowest BCUT2D eigenvalue weighted by molar-refractivity contribution is 0.0973. The highest BCUT2D eigenvalue weighted by atomic mass is 35.5. The summed E-state index contributed by atoms with van der Waals surface area (Å²) in [5.41, 5.74) is 3.15. The first-order chi connectivity index (χ1) is 10.6. The Hall–Kier alpha value is -2.46. The third-order valence-electron chi connectivity index (χ3n) is 4.00. The second-order valence-electron chi connectivity index (χ2n) is 5.13. The van der Waals surface area contributed by atoms with Crippen LogP contribution in [0.5, 0.6) is 11.5 Å². The van der Waals surface area contributed by atoms with Crippen molar-refractivity contribution in [3.05, 3.63) is 47.0 Å². The van der Waals surface area contributed by atoms with E-state index in [0.29, 0.717) is 22.1 Å². The van der Waals surface area contributed by atoms with Gasteiger partial charge < -0.3 is 9.47 Å². The minimum Gasteiger partial charge on any atom is -0.493 e. The molecule has 0 amide bonds. The van der Waals surface area contributed by atoms with Crippen molar-refractivity contribution < 1.29 is 14.3 Å². The Morgan fingerprint density at radius 2 is 1.68 bits per heavy atom. The van der Waals surface area contributed by atoms with Gasteiger partial charge in [0.15, 0.2) is 11.5 Å². The maximum absolute atomic E-state index is 12.7. The molecule has 4 nitrogen and oxygen atoms in total. The Bertz CT molecular complexity index is 943. The first kappa shape index (κ1) is 13.2. The Morgan fingerprint density at radius 3 is 2.41 bits per heavy atom. The van der Waals surface area contributed by atoms with E-state index in [1.807, 2.05) is 24.3 Å². The Labute approximate surface area is 131 Å². The van der Waals surface area contributed by atoms with Crippen molar-refractivity contribution in [2.24, 2.45) is 0 Å². The zero-order valence-corrected chi connectivity index (χ0v) is 12.8. The standard InChI is InChI=1S/C17H12ClNO3/c1-21-15-6-9-5-14-12-7-10(18)3-4-11(12)17(20)19(14)13(9)8-16(15)22-2/h3-8H,1-2H3. The lowest BCUT2D eigenvalue weighted by Crippen LogP contribution is -2.05. The van der Waals surface area contributed by atoms with Gasteiger partial charge in [-0.25, -0.2) is 0 Å². The maximum atomic E-state index is 12.7. The zero-order chi connectivity index (χ0) is 15.4. The number of benzene rings is 2. The van der Waals surface area contributed by atoms with Gasteiger partial charge in [0.1, 0.15) is 0 Å². The molecule has 1 aliphatic rings. The number of methoxy groups -OCH3 is 2. The van der Waals surface area contributed by atoms with Crippen molar-refractivity contribution in [3.8, 4) is 22.8 Å². The van der Waals surface area contributed by atoms with Crippen LogP contribution in [0.2, 0.25) is 5.02 Å². The molecule has 0 radical (unpaired) electrons. The highest BCUT2D eigenvalue weighted by Gasteiger charge is 2.29. The smallest absolute Gasteiger partial charge is 0.263 e. The van der Waals surface area contributed by atoms with Crippen LogP contribution < -0.4 is 9.47 Å². The van der Waals surface area contributed by atoms with E-state index in [1.54, 1.807) is 30.9 Å². The van der Waals surface area contributed by atoms with Crippen molar-refractivity contribution in [1.82, 2.24) is 4.57 Å². The Balaban J connectivity index is 2.06. The molecule has 2 heterocycles. The lowest BCUT2D eigenvalue weighted by atomic mass is 10.1. The molecular formula is C17H12ClNO3. The van der Waals surface area contributed by atoms with Crippen molar-refractivity contribution >= 4 is 28.4 Å². The van der Waals surface area contributed by atoms with Gasteiger partial charge in [0.25, 0.3) is 5.91 Å². The summed E-state index contributed by atoms with van der Waals surface area (Å²) >= 11 is 6.07. The number of carbonyl (C=O) groups excluding carboxylic acids is 1. The third kappa shape index (κ3) is 1.61. The predicted molar refractivity (Wildman–Crippen MR) is 85.2 cm³/mol. The number of fused-ring (bicyclic) bond motifs is 5. The third-order valence-corrected chi connectivity index (χ3v) is 4.23. The fraction of sp³-hybridized carbons (Fsp3) is 0.118. The fourth-order valence-electron chi connectivity index (χ4n) is 2.99. The predicted octanol–water partition coefficient (Wildman–Crippen LogP) is 3.98. The fourth-order valence-corrected chi connectivity index (χ4v) is 3.16. The van der Waals surface area contributed by atoms with Crippen LogP contribution in [0.15, 0.2) is 36.4 Å². The molecule has 3 aromatic rings. The van der Waals surface area contributed by atoms with Crippen molar-refractivity contribution in [1.29, 1.82) is 0 Å². The molecule has 0 spiro atoms. The Kier molecular flexibility index (Phi) is 2.71. The van der Waals surface area contributed by atoms with Gasteiger partial charge in [-0.3, -0.25) is 9.36 Å². The van der Waals surface area contributed by atoms with Crippen LogP contribution in [0, 0.1) is 0 Å². The molecule has 1 aliphatic heterocycles. The number of hydrogen-bond donors (Lipinski definition) is 0. The van der Waals surface area contributed by atoms with E-state index in [-0.39, 0.29) is 5.91 Å². The molecule has 0 saturated heterocycles. The normalized spacial score (nSPS) is 12.4. The molecule has 0 fully saturated rings. The van der Waals surface area contributed by atoms with Gasteiger partial charge in [0.2, 0.25) is 0 Å². The SMILES string of the molecule is COc1cc2cc3n(c2cc1OC)C(=O)c1ccc(Cl)cc1-3. The summed E-state index contributed by atoms with van der Waals surface area (Å²) in [4.78, 5) is 12.7. The number of rotatable bonds is 2. The summed E-state index contributed by atoms with van der Waals surface area (Å²) in [7, 11) is 3.17. The molecule has 22 heavy (non-hydrogen) atoms. The lowest BCUT2D eigenvalue weighted by Gasteiger charge is -2.08. The van der Waals surface area contributed by atoms with Crippen LogP contribution in [0.4, 0.5) is 0 Å². The number of aromatic nitrogens is 1. The van der Waals surface area contributed by atoms with E-state index >= 15 is 0 Å². The minimum atomic E-state index is -0.0520. The summed E-state index contributed by atoms with van der Waals surface area (Å²) in [6, 6.07) is 11.0. The van der Waals surface area contributed by atoms with Crippen molar-refractivity contribution in [2.75, 3.05) is 14.2 Å². The van der Waals surface area contributed by atoms with E-state index in [2.05, 4.69) is 0 Å². The van der Waals surface area contributed by atoms with Crippen LogP contribution in [-0.2, 0) is 0 Å². The highest BCUT2D eigenvalue weighted by molar-refractivity contribution is 6.31. The monoisotopic (exact) mass is 313 g/mol. The van der Waals surface area contributed by atoms with Gasteiger partial charge in [-0.2, -0.15) is 0 Å². The molecule has 0 bridgehead atoms. The van der Waals surface area contributed by atoms with Gasteiger partial charge in [-0.15, -0.1) is 0 Å². The quantitative estimate of drug-likeness (QED) is 0.562. The summed E-state index contributed by atoms with van der Waals surface area (Å²) in [6.45, 7) is 0. The van der Waals surface area contributed by atoms with Crippen LogP contribution >= 0.6 is 11.6 Å². The second-order valence-corrected chi connectivity index (χ2v) is 5.56. The molecular weight excluding hydrogens is 302 g/mol. The number of ether oxygens (including phenoxy) is 2. The van der Waals surface area contributed by atoms with E-state index in [4.69, 9.17) is 21.1 Å². The van der Waals surface area contributed by atoms with E-state index < -0.39 is 0 Å². The van der Waals surface area contributed by atoms with Gasteiger partial charge in [-0.1, -0.05) is 11.6 Å². The molecule has 0 unspecified atom stereocenters. The number of hydrogen-bond acceptors (Lipinski definition) is 3. The topological polar surface area (TPSA) is 40.5 Å². The number of carbonyl (C=O) groups is 1. The summed E-state index contributed by atoms with van der Waals surface area (Å²) in [5.74, 6) is 1.18. The van der Waals surface area contributed by atoms with Gasteiger partial charge >= 0.3 is 0 Å².